The minimum absolute atomic E-state index is 0. The number of likely N-dealkylation sites (tertiary alicyclic amines) is 1. The summed E-state index contributed by atoms with van der Waals surface area (Å²) in [7, 11) is 0. The van der Waals surface area contributed by atoms with Gasteiger partial charge in [-0.05, 0) is 44.2 Å². The second kappa shape index (κ2) is 10.2. The Balaban J connectivity index is 0.00000288. The predicted molar refractivity (Wildman–Crippen MR) is 112 cm³/mol. The fourth-order valence-electron chi connectivity index (χ4n) is 4.02. The lowest BCUT2D eigenvalue weighted by Crippen LogP contribution is -2.44. The first-order chi connectivity index (χ1) is 10.9. The molecule has 3 unspecified atom stereocenters. The molecular formula is C18H37IN4O. The Morgan fingerprint density at radius 2 is 2.04 bits per heavy atom. The lowest BCUT2D eigenvalue weighted by Gasteiger charge is -2.39. The van der Waals surface area contributed by atoms with E-state index in [0.29, 0.717) is 17.9 Å². The average Bonchev–Trinajstić information content (AvgIpc) is 2.97. The first-order valence-corrected chi connectivity index (χ1v) is 9.31. The number of hydrogen-bond donors (Lipinski definition) is 2. The number of hydrogen-bond acceptors (Lipinski definition) is 3. The molecule has 2 aliphatic rings. The van der Waals surface area contributed by atoms with Crippen LogP contribution in [-0.2, 0) is 4.74 Å². The molecule has 0 aliphatic carbocycles. The van der Waals surface area contributed by atoms with E-state index >= 15 is 0 Å². The fraction of sp³-hybridized carbons (Fsp3) is 0.944. The van der Waals surface area contributed by atoms with E-state index in [1.807, 2.05) is 0 Å². The zero-order chi connectivity index (χ0) is 16.9. The van der Waals surface area contributed by atoms with E-state index in [1.165, 1.54) is 25.8 Å². The Bertz CT molecular complexity index is 397. The lowest BCUT2D eigenvalue weighted by molar-refractivity contribution is -0.0823. The molecule has 2 fully saturated rings. The molecule has 2 saturated heterocycles. The van der Waals surface area contributed by atoms with Crippen molar-refractivity contribution in [3.05, 3.63) is 0 Å². The highest BCUT2D eigenvalue weighted by Crippen LogP contribution is 2.34. The largest absolute Gasteiger partial charge is 0.377 e. The number of rotatable bonds is 5. The Morgan fingerprint density at radius 1 is 1.29 bits per heavy atom. The van der Waals surface area contributed by atoms with Gasteiger partial charge in [-0.3, -0.25) is 9.89 Å². The van der Waals surface area contributed by atoms with Crippen LogP contribution in [0.3, 0.4) is 0 Å². The first kappa shape index (κ1) is 22.0. The van der Waals surface area contributed by atoms with Crippen molar-refractivity contribution in [1.29, 1.82) is 0 Å². The highest BCUT2D eigenvalue weighted by Gasteiger charge is 2.35. The number of guanidine groups is 1. The zero-order valence-corrected chi connectivity index (χ0v) is 18.2. The number of nitrogens with zero attached hydrogens (tertiary/aromatic N) is 2. The molecule has 0 saturated carbocycles. The maximum absolute atomic E-state index is 6.09. The molecule has 6 heteroatoms. The monoisotopic (exact) mass is 452 g/mol. The summed E-state index contributed by atoms with van der Waals surface area (Å²) in [5.41, 5.74) is 6.25. The standard InChI is InChI=1S/C18H36N4O.HI/c1-5-22-10-6-9-15(22)13-21-17(19)20-12-14-8-7-11-23-16(14)18(2,3)4;/h14-16H,5-13H2,1-4H3,(H3,19,20,21);1H. The predicted octanol–water partition coefficient (Wildman–Crippen LogP) is 2.83. The summed E-state index contributed by atoms with van der Waals surface area (Å²) in [5, 5.41) is 3.33. The third-order valence-corrected chi connectivity index (χ3v) is 5.22. The number of aliphatic imine (C=N–C) groups is 1. The van der Waals surface area contributed by atoms with Gasteiger partial charge in [-0.2, -0.15) is 0 Å². The molecular weight excluding hydrogens is 415 g/mol. The molecule has 2 rings (SSSR count). The van der Waals surface area contributed by atoms with Crippen LogP contribution in [0.4, 0.5) is 0 Å². The van der Waals surface area contributed by atoms with Crippen LogP contribution < -0.4 is 11.1 Å². The van der Waals surface area contributed by atoms with Crippen molar-refractivity contribution < 1.29 is 4.74 Å². The number of ether oxygens (including phenoxy) is 1. The van der Waals surface area contributed by atoms with E-state index in [1.54, 1.807) is 0 Å². The topological polar surface area (TPSA) is 62.9 Å². The van der Waals surface area contributed by atoms with Crippen molar-refractivity contribution >= 4 is 29.9 Å². The van der Waals surface area contributed by atoms with E-state index < -0.39 is 0 Å². The van der Waals surface area contributed by atoms with Gasteiger partial charge in [-0.15, -0.1) is 24.0 Å². The van der Waals surface area contributed by atoms with Crippen LogP contribution >= 0.6 is 24.0 Å². The molecule has 2 heterocycles. The van der Waals surface area contributed by atoms with Crippen LogP contribution in [-0.4, -0.2) is 55.8 Å². The van der Waals surface area contributed by atoms with Gasteiger partial charge in [0.15, 0.2) is 5.96 Å². The Kier molecular flexibility index (Phi) is 9.30. The number of halogens is 1. The summed E-state index contributed by atoms with van der Waals surface area (Å²) in [4.78, 5) is 7.13. The third kappa shape index (κ3) is 6.33. The van der Waals surface area contributed by atoms with Crippen molar-refractivity contribution in [2.75, 3.05) is 32.8 Å². The first-order valence-electron chi connectivity index (χ1n) is 9.31. The van der Waals surface area contributed by atoms with Crippen LogP contribution in [0.5, 0.6) is 0 Å². The van der Waals surface area contributed by atoms with E-state index in [2.05, 4.69) is 42.9 Å². The number of nitrogens with one attached hydrogen (secondary N) is 1. The lowest BCUT2D eigenvalue weighted by atomic mass is 9.78. The van der Waals surface area contributed by atoms with E-state index in [0.717, 1.165) is 32.7 Å². The maximum Gasteiger partial charge on any atom is 0.188 e. The summed E-state index contributed by atoms with van der Waals surface area (Å²) in [6.45, 7) is 13.9. The molecule has 0 bridgehead atoms. The van der Waals surface area contributed by atoms with Crippen LogP contribution in [0, 0.1) is 11.3 Å². The molecule has 0 aromatic carbocycles. The number of nitrogens with two attached hydrogens (primary N) is 1. The molecule has 0 spiro atoms. The molecule has 0 aromatic rings. The second-order valence-electron chi connectivity index (χ2n) is 8.09. The third-order valence-electron chi connectivity index (χ3n) is 5.22. The van der Waals surface area contributed by atoms with Gasteiger partial charge in [0.05, 0.1) is 6.10 Å². The van der Waals surface area contributed by atoms with Crippen LogP contribution in [0.2, 0.25) is 0 Å². The molecule has 0 amide bonds. The molecule has 0 aromatic heterocycles. The highest BCUT2D eigenvalue weighted by atomic mass is 127. The fourth-order valence-corrected chi connectivity index (χ4v) is 4.02. The van der Waals surface area contributed by atoms with Crippen molar-refractivity contribution in [2.24, 2.45) is 22.1 Å². The quantitative estimate of drug-likeness (QED) is 0.383. The molecule has 2 aliphatic heterocycles. The van der Waals surface area contributed by atoms with Gasteiger partial charge in [0, 0.05) is 31.7 Å². The minimum Gasteiger partial charge on any atom is -0.377 e. The maximum atomic E-state index is 6.09. The Hall–Kier alpha value is -0.0800. The van der Waals surface area contributed by atoms with Crippen molar-refractivity contribution in [1.82, 2.24) is 10.2 Å². The number of likely N-dealkylation sites (N-methyl/N-ethyl adjacent to an activating group) is 1. The average molecular weight is 452 g/mol. The van der Waals surface area contributed by atoms with E-state index in [9.17, 15) is 0 Å². The molecule has 0 radical (unpaired) electrons. The summed E-state index contributed by atoms with van der Waals surface area (Å²) < 4.78 is 6.02. The van der Waals surface area contributed by atoms with Crippen molar-refractivity contribution in [3.8, 4) is 0 Å². The summed E-state index contributed by atoms with van der Waals surface area (Å²) in [6, 6.07) is 0.606. The van der Waals surface area contributed by atoms with Crippen LogP contribution in [0.15, 0.2) is 4.99 Å². The highest BCUT2D eigenvalue weighted by molar-refractivity contribution is 14.0. The SMILES string of the molecule is CCN1CCCC1CNC(N)=NCC1CCCOC1C(C)(C)C.I. The zero-order valence-electron chi connectivity index (χ0n) is 15.9. The van der Waals surface area contributed by atoms with Crippen LogP contribution in [0.25, 0.3) is 0 Å². The van der Waals surface area contributed by atoms with Crippen molar-refractivity contribution in [2.45, 2.75) is 65.5 Å². The second-order valence-corrected chi connectivity index (χ2v) is 8.09. The van der Waals surface area contributed by atoms with Gasteiger partial charge in [0.2, 0.25) is 0 Å². The van der Waals surface area contributed by atoms with Gasteiger partial charge in [0.1, 0.15) is 0 Å². The van der Waals surface area contributed by atoms with Gasteiger partial charge in [-0.25, -0.2) is 0 Å². The Labute approximate surface area is 165 Å². The van der Waals surface area contributed by atoms with E-state index in [4.69, 9.17) is 10.5 Å². The molecule has 5 nitrogen and oxygen atoms in total. The van der Waals surface area contributed by atoms with E-state index in [-0.39, 0.29) is 35.5 Å². The summed E-state index contributed by atoms with van der Waals surface area (Å²) in [6.07, 6.45) is 5.15. The summed E-state index contributed by atoms with van der Waals surface area (Å²) in [5.74, 6) is 1.06. The van der Waals surface area contributed by atoms with Crippen LogP contribution in [0.1, 0.15) is 53.4 Å². The molecule has 3 N–H and O–H groups in total. The smallest absolute Gasteiger partial charge is 0.188 e. The van der Waals surface area contributed by atoms with Gasteiger partial charge in [-0.1, -0.05) is 27.7 Å². The molecule has 24 heavy (non-hydrogen) atoms. The molecule has 142 valence electrons. The van der Waals surface area contributed by atoms with Gasteiger partial charge in [0.25, 0.3) is 0 Å². The minimum atomic E-state index is 0. The van der Waals surface area contributed by atoms with Gasteiger partial charge >= 0.3 is 0 Å². The molecule has 3 atom stereocenters. The van der Waals surface area contributed by atoms with Crippen molar-refractivity contribution in [3.63, 3.8) is 0 Å². The Morgan fingerprint density at radius 3 is 2.71 bits per heavy atom. The van der Waals surface area contributed by atoms with Gasteiger partial charge < -0.3 is 15.8 Å². The summed E-state index contributed by atoms with van der Waals surface area (Å²) >= 11 is 0. The normalized spacial score (nSPS) is 29.3.